The third-order valence-corrected chi connectivity index (χ3v) is 4.73. The fraction of sp³-hybridized carbons (Fsp3) is 0.364. The average Bonchev–Trinajstić information content (AvgIpc) is 2.56. The van der Waals surface area contributed by atoms with Crippen LogP contribution in [0.15, 0.2) is 42.5 Å². The van der Waals surface area contributed by atoms with Gasteiger partial charge in [0.15, 0.2) is 0 Å². The van der Waals surface area contributed by atoms with Crippen LogP contribution in [0.25, 0.3) is 0 Å². The van der Waals surface area contributed by atoms with E-state index in [1.165, 1.54) is 48.8 Å². The minimum Gasteiger partial charge on any atom is -0.0617 e. The Morgan fingerprint density at radius 2 is 1.41 bits per heavy atom. The Morgan fingerprint density at radius 3 is 2.14 bits per heavy atom. The summed E-state index contributed by atoms with van der Waals surface area (Å²) in [6, 6.07) is 15.1. The molecule has 1 aliphatic carbocycles. The molecular weight excluding hydrogens is 264 g/mol. The van der Waals surface area contributed by atoms with Crippen molar-refractivity contribution in [2.75, 3.05) is 0 Å². The molecule has 2 aromatic rings. The Labute approximate surface area is 134 Å². The van der Waals surface area contributed by atoms with Crippen molar-refractivity contribution in [3.8, 4) is 11.8 Å². The van der Waals surface area contributed by atoms with Crippen LogP contribution in [0.1, 0.15) is 65.8 Å². The molecule has 0 aliphatic heterocycles. The van der Waals surface area contributed by atoms with E-state index in [2.05, 4.69) is 68.2 Å². The van der Waals surface area contributed by atoms with Gasteiger partial charge in [0, 0.05) is 11.1 Å². The Kier molecular flexibility index (Phi) is 4.64. The molecule has 0 bridgehead atoms. The molecule has 0 atom stereocenters. The number of aryl methyl sites for hydroxylation is 2. The fourth-order valence-corrected chi connectivity index (χ4v) is 3.35. The van der Waals surface area contributed by atoms with Crippen molar-refractivity contribution < 1.29 is 0 Å². The van der Waals surface area contributed by atoms with Crippen molar-refractivity contribution in [3.63, 3.8) is 0 Å². The van der Waals surface area contributed by atoms with Crippen LogP contribution in [0, 0.1) is 25.7 Å². The summed E-state index contributed by atoms with van der Waals surface area (Å²) >= 11 is 0. The van der Waals surface area contributed by atoms with Crippen LogP contribution in [0.2, 0.25) is 0 Å². The molecule has 22 heavy (non-hydrogen) atoms. The van der Waals surface area contributed by atoms with E-state index in [4.69, 9.17) is 0 Å². The molecule has 0 unspecified atom stereocenters. The lowest BCUT2D eigenvalue weighted by Crippen LogP contribution is -2.06. The van der Waals surface area contributed by atoms with E-state index in [1.54, 1.807) is 0 Å². The molecule has 0 nitrogen and oxygen atoms in total. The average molecular weight is 288 g/mol. The second-order valence-electron chi connectivity index (χ2n) is 6.52. The summed E-state index contributed by atoms with van der Waals surface area (Å²) < 4.78 is 0. The molecule has 0 saturated heterocycles. The topological polar surface area (TPSA) is 0 Å². The van der Waals surface area contributed by atoms with E-state index >= 15 is 0 Å². The fourth-order valence-electron chi connectivity index (χ4n) is 3.35. The summed E-state index contributed by atoms with van der Waals surface area (Å²) in [7, 11) is 0. The Balaban J connectivity index is 1.84. The Bertz CT molecular complexity index is 689. The predicted molar refractivity (Wildman–Crippen MR) is 94.2 cm³/mol. The maximum atomic E-state index is 3.34. The van der Waals surface area contributed by atoms with Gasteiger partial charge < -0.3 is 0 Å². The van der Waals surface area contributed by atoms with Crippen molar-refractivity contribution in [1.29, 1.82) is 0 Å². The highest BCUT2D eigenvalue weighted by Gasteiger charge is 2.17. The molecule has 0 amide bonds. The number of hydrogen-bond donors (Lipinski definition) is 0. The van der Waals surface area contributed by atoms with E-state index in [0.29, 0.717) is 0 Å². The normalized spacial score (nSPS) is 15.2. The predicted octanol–water partition coefficient (Wildman–Crippen LogP) is 5.75. The van der Waals surface area contributed by atoms with Crippen LogP contribution in [0.5, 0.6) is 0 Å². The van der Waals surface area contributed by atoms with E-state index in [0.717, 1.165) is 17.0 Å². The Hall–Kier alpha value is -2.00. The maximum Gasteiger partial charge on any atom is 0.0252 e. The van der Waals surface area contributed by atoms with Gasteiger partial charge in [-0.3, -0.25) is 0 Å². The highest BCUT2D eigenvalue weighted by atomic mass is 14.2. The van der Waals surface area contributed by atoms with Gasteiger partial charge in [-0.1, -0.05) is 54.9 Å². The monoisotopic (exact) mass is 288 g/mol. The van der Waals surface area contributed by atoms with Gasteiger partial charge in [-0.25, -0.2) is 0 Å². The molecule has 0 heteroatoms. The van der Waals surface area contributed by atoms with Gasteiger partial charge in [0.05, 0.1) is 0 Å². The van der Waals surface area contributed by atoms with Gasteiger partial charge in [-0.15, -0.1) is 0 Å². The lowest BCUT2D eigenvalue weighted by molar-refractivity contribution is 0.442. The van der Waals surface area contributed by atoms with Crippen molar-refractivity contribution in [2.45, 2.75) is 51.9 Å². The van der Waals surface area contributed by atoms with Crippen molar-refractivity contribution in [1.82, 2.24) is 0 Å². The lowest BCUT2D eigenvalue weighted by atomic mass is 9.82. The van der Waals surface area contributed by atoms with Gasteiger partial charge in [0.1, 0.15) is 0 Å². The molecule has 0 N–H and O–H groups in total. The molecular formula is C22H24. The minimum atomic E-state index is 0.745. The van der Waals surface area contributed by atoms with Crippen molar-refractivity contribution >= 4 is 0 Å². The zero-order valence-corrected chi connectivity index (χ0v) is 13.7. The van der Waals surface area contributed by atoms with E-state index in [-0.39, 0.29) is 0 Å². The second kappa shape index (κ2) is 6.84. The number of rotatable bonds is 1. The van der Waals surface area contributed by atoms with Crippen LogP contribution in [-0.2, 0) is 0 Å². The first-order valence-corrected chi connectivity index (χ1v) is 8.41. The second-order valence-corrected chi connectivity index (χ2v) is 6.52. The molecule has 1 aliphatic rings. The standard InChI is InChI=1S/C22H24/c1-17-8-11-19(12-9-17)14-15-20-13-10-18(2)22(16-20)21-6-4-3-5-7-21/h8-13,16,21H,3-7H2,1-2H3. The van der Waals surface area contributed by atoms with Gasteiger partial charge in [0.25, 0.3) is 0 Å². The SMILES string of the molecule is Cc1ccc(C#Cc2ccc(C)c(C3CCCCC3)c2)cc1. The van der Waals surface area contributed by atoms with E-state index < -0.39 is 0 Å². The van der Waals surface area contributed by atoms with Crippen LogP contribution < -0.4 is 0 Å². The zero-order chi connectivity index (χ0) is 15.4. The smallest absolute Gasteiger partial charge is 0.0252 e. The molecule has 0 radical (unpaired) electrons. The molecule has 1 saturated carbocycles. The highest BCUT2D eigenvalue weighted by Crippen LogP contribution is 2.34. The molecule has 0 spiro atoms. The molecule has 0 aromatic heterocycles. The largest absolute Gasteiger partial charge is 0.0617 e. The van der Waals surface area contributed by atoms with Gasteiger partial charge in [0.2, 0.25) is 0 Å². The maximum absolute atomic E-state index is 3.34. The summed E-state index contributed by atoms with van der Waals surface area (Å²) in [4.78, 5) is 0. The quantitative estimate of drug-likeness (QED) is 0.586. The lowest BCUT2D eigenvalue weighted by Gasteiger charge is -2.23. The number of benzene rings is 2. The summed E-state index contributed by atoms with van der Waals surface area (Å²) in [5.74, 6) is 7.37. The summed E-state index contributed by atoms with van der Waals surface area (Å²) in [5, 5.41) is 0. The third kappa shape index (κ3) is 3.60. The van der Waals surface area contributed by atoms with Gasteiger partial charge >= 0.3 is 0 Å². The van der Waals surface area contributed by atoms with Crippen molar-refractivity contribution in [3.05, 3.63) is 70.3 Å². The molecule has 1 fully saturated rings. The van der Waals surface area contributed by atoms with Crippen LogP contribution >= 0.6 is 0 Å². The van der Waals surface area contributed by atoms with Crippen LogP contribution in [-0.4, -0.2) is 0 Å². The zero-order valence-electron chi connectivity index (χ0n) is 13.7. The molecule has 3 rings (SSSR count). The molecule has 0 heterocycles. The van der Waals surface area contributed by atoms with Gasteiger partial charge in [-0.05, 0) is 68.0 Å². The first-order valence-electron chi connectivity index (χ1n) is 8.41. The number of hydrogen-bond acceptors (Lipinski definition) is 0. The molecule has 2 aromatic carbocycles. The first kappa shape index (κ1) is 14.9. The summed E-state index contributed by atoms with van der Waals surface area (Å²) in [5.41, 5.74) is 6.46. The van der Waals surface area contributed by atoms with Crippen LogP contribution in [0.4, 0.5) is 0 Å². The van der Waals surface area contributed by atoms with Crippen molar-refractivity contribution in [2.24, 2.45) is 0 Å². The Morgan fingerprint density at radius 1 is 0.773 bits per heavy atom. The third-order valence-electron chi connectivity index (χ3n) is 4.73. The van der Waals surface area contributed by atoms with E-state index in [9.17, 15) is 0 Å². The minimum absolute atomic E-state index is 0.745. The van der Waals surface area contributed by atoms with E-state index in [1.807, 2.05) is 0 Å². The summed E-state index contributed by atoms with van der Waals surface area (Å²) in [6.45, 7) is 4.34. The molecule has 112 valence electrons. The van der Waals surface area contributed by atoms with Gasteiger partial charge in [-0.2, -0.15) is 0 Å². The first-order chi connectivity index (χ1) is 10.7. The van der Waals surface area contributed by atoms with Crippen LogP contribution in [0.3, 0.4) is 0 Å². The highest BCUT2D eigenvalue weighted by molar-refractivity contribution is 5.46. The summed E-state index contributed by atoms with van der Waals surface area (Å²) in [6.07, 6.45) is 6.85.